The average molecular weight is 474 g/mol. The Hall–Kier alpha value is -2.75. The van der Waals surface area contributed by atoms with Crippen LogP contribution in [0.3, 0.4) is 0 Å². The van der Waals surface area contributed by atoms with Crippen LogP contribution >= 0.6 is 39.5 Å². The van der Waals surface area contributed by atoms with Crippen molar-refractivity contribution in [1.82, 2.24) is 10.3 Å². The Balaban J connectivity index is 1.52. The zero-order valence-corrected chi connectivity index (χ0v) is 17.3. The number of carbonyl (C=O) groups excluding carboxylic acids is 1. The molecule has 0 atom stereocenters. The number of thiophene rings is 1. The van der Waals surface area contributed by atoms with E-state index in [-0.39, 0.29) is 16.8 Å². The molecule has 4 aromatic rings. The van der Waals surface area contributed by atoms with E-state index in [1.54, 1.807) is 48.5 Å². The molecule has 2 aromatic heterocycles. The zero-order valence-electron chi connectivity index (χ0n) is 14.1. The number of phenolic OH excluding ortho intramolecular Hbond substituents is 1. The van der Waals surface area contributed by atoms with Crippen molar-refractivity contribution in [1.29, 1.82) is 0 Å². The third-order valence-electron chi connectivity index (χ3n) is 3.81. The maximum Gasteiger partial charge on any atom is 0.267 e. The molecule has 0 aliphatic carbocycles. The number of hydrogen-bond acceptors (Lipinski definition) is 6. The SMILES string of the molecule is O=C(NC(=S)Nc1ccc2oc(-c3ccc(O)c(Br)c3)nc2c1)c1cccs1. The van der Waals surface area contributed by atoms with E-state index >= 15 is 0 Å². The lowest BCUT2D eigenvalue weighted by Crippen LogP contribution is -2.33. The second-order valence-electron chi connectivity index (χ2n) is 5.75. The van der Waals surface area contributed by atoms with Gasteiger partial charge in [0.15, 0.2) is 10.7 Å². The number of nitrogens with one attached hydrogen (secondary N) is 2. The van der Waals surface area contributed by atoms with E-state index in [4.69, 9.17) is 16.6 Å². The van der Waals surface area contributed by atoms with Gasteiger partial charge < -0.3 is 14.8 Å². The number of halogens is 1. The predicted octanol–water partition coefficient (Wildman–Crippen LogP) is 5.15. The van der Waals surface area contributed by atoms with Crippen molar-refractivity contribution < 1.29 is 14.3 Å². The molecule has 0 saturated carbocycles. The van der Waals surface area contributed by atoms with Crippen molar-refractivity contribution in [3.8, 4) is 17.2 Å². The van der Waals surface area contributed by atoms with E-state index in [9.17, 15) is 9.90 Å². The van der Waals surface area contributed by atoms with Gasteiger partial charge in [0.1, 0.15) is 11.3 Å². The van der Waals surface area contributed by atoms with E-state index in [2.05, 4.69) is 31.5 Å². The van der Waals surface area contributed by atoms with E-state index in [1.807, 2.05) is 5.38 Å². The fourth-order valence-corrected chi connectivity index (χ4v) is 3.71. The Morgan fingerprint density at radius 2 is 2.07 bits per heavy atom. The van der Waals surface area contributed by atoms with E-state index in [1.165, 1.54) is 11.3 Å². The number of nitrogens with zero attached hydrogens (tertiary/aromatic N) is 1. The molecular formula is C19H12BrN3O3S2. The van der Waals surface area contributed by atoms with E-state index in [0.29, 0.717) is 32.0 Å². The Morgan fingerprint density at radius 3 is 2.82 bits per heavy atom. The quantitative estimate of drug-likeness (QED) is 0.356. The number of oxazole rings is 1. The predicted molar refractivity (Wildman–Crippen MR) is 117 cm³/mol. The van der Waals surface area contributed by atoms with Gasteiger partial charge in [-0.3, -0.25) is 10.1 Å². The van der Waals surface area contributed by atoms with Gasteiger partial charge in [0, 0.05) is 11.3 Å². The van der Waals surface area contributed by atoms with Crippen molar-refractivity contribution in [2.24, 2.45) is 0 Å². The first-order valence-corrected chi connectivity index (χ1v) is 10.1. The fourth-order valence-electron chi connectivity index (χ4n) is 2.50. The maximum atomic E-state index is 12.1. The molecule has 0 radical (unpaired) electrons. The summed E-state index contributed by atoms with van der Waals surface area (Å²) in [5, 5.41) is 17.3. The number of carbonyl (C=O) groups is 1. The minimum absolute atomic E-state index is 0.143. The molecule has 140 valence electrons. The van der Waals surface area contributed by atoms with Crippen LogP contribution in [-0.4, -0.2) is 21.1 Å². The molecule has 2 aromatic carbocycles. The maximum absolute atomic E-state index is 12.1. The fraction of sp³-hybridized carbons (Fsp3) is 0. The van der Waals surface area contributed by atoms with Gasteiger partial charge in [-0.25, -0.2) is 4.98 Å². The number of aromatic hydroxyl groups is 1. The highest BCUT2D eigenvalue weighted by Crippen LogP contribution is 2.31. The molecule has 9 heteroatoms. The number of fused-ring (bicyclic) bond motifs is 1. The smallest absolute Gasteiger partial charge is 0.267 e. The number of thiocarbonyl (C=S) groups is 1. The molecule has 0 aliphatic rings. The Labute approximate surface area is 177 Å². The molecule has 0 unspecified atom stereocenters. The monoisotopic (exact) mass is 473 g/mol. The standard InChI is InChI=1S/C19H12BrN3O3S2/c20-12-8-10(3-5-14(12)24)18-22-13-9-11(4-6-15(13)26-18)21-19(27)23-17(25)16-2-1-7-28-16/h1-9,24H,(H2,21,23,25,27). The molecule has 6 nitrogen and oxygen atoms in total. The molecular weight excluding hydrogens is 462 g/mol. The summed E-state index contributed by atoms with van der Waals surface area (Å²) < 4.78 is 6.34. The van der Waals surface area contributed by atoms with Crippen LogP contribution in [0.15, 0.2) is 62.8 Å². The van der Waals surface area contributed by atoms with Crippen LogP contribution in [0.5, 0.6) is 5.75 Å². The lowest BCUT2D eigenvalue weighted by atomic mass is 10.2. The van der Waals surface area contributed by atoms with Crippen molar-refractivity contribution >= 4 is 67.3 Å². The number of benzene rings is 2. The van der Waals surface area contributed by atoms with Crippen LogP contribution in [0.1, 0.15) is 9.67 Å². The van der Waals surface area contributed by atoms with Gasteiger partial charge in [0.25, 0.3) is 5.91 Å². The highest BCUT2D eigenvalue weighted by atomic mass is 79.9. The highest BCUT2D eigenvalue weighted by Gasteiger charge is 2.12. The lowest BCUT2D eigenvalue weighted by molar-refractivity contribution is 0.0981. The summed E-state index contributed by atoms with van der Waals surface area (Å²) in [5.74, 6) is 0.320. The van der Waals surface area contributed by atoms with Crippen LogP contribution in [0.25, 0.3) is 22.6 Å². The summed E-state index contributed by atoms with van der Waals surface area (Å²) in [6.45, 7) is 0. The Morgan fingerprint density at radius 1 is 1.21 bits per heavy atom. The van der Waals surface area contributed by atoms with Crippen LogP contribution in [0.2, 0.25) is 0 Å². The highest BCUT2D eigenvalue weighted by molar-refractivity contribution is 9.10. The van der Waals surface area contributed by atoms with Crippen molar-refractivity contribution in [3.05, 3.63) is 63.3 Å². The van der Waals surface area contributed by atoms with Crippen LogP contribution in [0.4, 0.5) is 5.69 Å². The summed E-state index contributed by atoms with van der Waals surface area (Å²) in [4.78, 5) is 17.1. The number of hydrogen-bond donors (Lipinski definition) is 3. The largest absolute Gasteiger partial charge is 0.507 e. The van der Waals surface area contributed by atoms with E-state index < -0.39 is 0 Å². The van der Waals surface area contributed by atoms with Gasteiger partial charge in [-0.2, -0.15) is 0 Å². The van der Waals surface area contributed by atoms with Gasteiger partial charge in [-0.15, -0.1) is 11.3 Å². The van der Waals surface area contributed by atoms with Gasteiger partial charge in [-0.05, 0) is 76.0 Å². The second kappa shape index (κ2) is 7.70. The number of amides is 1. The molecule has 4 rings (SSSR count). The Bertz CT molecular complexity index is 1190. The summed E-state index contributed by atoms with van der Waals surface area (Å²) in [6.07, 6.45) is 0. The molecule has 0 spiro atoms. The van der Waals surface area contributed by atoms with Crippen molar-refractivity contribution in [2.75, 3.05) is 5.32 Å². The second-order valence-corrected chi connectivity index (χ2v) is 7.96. The lowest BCUT2D eigenvalue weighted by Gasteiger charge is -2.08. The molecule has 0 aliphatic heterocycles. The first-order valence-electron chi connectivity index (χ1n) is 8.05. The van der Waals surface area contributed by atoms with Gasteiger partial charge in [0.2, 0.25) is 5.89 Å². The van der Waals surface area contributed by atoms with Crippen LogP contribution in [-0.2, 0) is 0 Å². The number of phenols is 1. The van der Waals surface area contributed by atoms with Crippen LogP contribution in [0, 0.1) is 0 Å². The molecule has 0 saturated heterocycles. The van der Waals surface area contributed by atoms with Gasteiger partial charge >= 0.3 is 0 Å². The normalized spacial score (nSPS) is 10.8. The average Bonchev–Trinajstić information content (AvgIpc) is 3.33. The summed E-state index contributed by atoms with van der Waals surface area (Å²) in [6, 6.07) is 13.9. The molecule has 0 fully saturated rings. The van der Waals surface area contributed by atoms with Crippen LogP contribution < -0.4 is 10.6 Å². The molecule has 28 heavy (non-hydrogen) atoms. The molecule has 3 N–H and O–H groups in total. The third-order valence-corrected chi connectivity index (χ3v) is 5.52. The molecule has 2 heterocycles. The summed E-state index contributed by atoms with van der Waals surface area (Å²) in [7, 11) is 0. The minimum atomic E-state index is -0.254. The van der Waals surface area contributed by atoms with Crippen molar-refractivity contribution in [2.45, 2.75) is 0 Å². The van der Waals surface area contributed by atoms with Gasteiger partial charge in [0.05, 0.1) is 9.35 Å². The number of aromatic nitrogens is 1. The summed E-state index contributed by atoms with van der Waals surface area (Å²) in [5.41, 5.74) is 2.65. The molecule has 0 bridgehead atoms. The van der Waals surface area contributed by atoms with E-state index in [0.717, 1.165) is 5.56 Å². The Kier molecular flexibility index (Phi) is 5.12. The first-order chi connectivity index (χ1) is 13.5. The number of anilines is 1. The zero-order chi connectivity index (χ0) is 19.7. The first kappa shape index (κ1) is 18.6. The third kappa shape index (κ3) is 3.91. The topological polar surface area (TPSA) is 87.4 Å². The molecule has 1 amide bonds. The summed E-state index contributed by atoms with van der Waals surface area (Å²) >= 11 is 9.83. The number of rotatable bonds is 3. The van der Waals surface area contributed by atoms with Gasteiger partial charge in [-0.1, -0.05) is 6.07 Å². The minimum Gasteiger partial charge on any atom is -0.507 e. The van der Waals surface area contributed by atoms with Crippen molar-refractivity contribution in [3.63, 3.8) is 0 Å².